The largest absolute Gasteiger partial charge is 0.484 e. The molecule has 1 aliphatic heterocycles. The molecule has 8 nitrogen and oxygen atoms in total. The highest BCUT2D eigenvalue weighted by molar-refractivity contribution is 5.87. The average molecular weight is 355 g/mol. The quantitative estimate of drug-likeness (QED) is 0.572. The van der Waals surface area contributed by atoms with E-state index in [-0.39, 0.29) is 19.9 Å². The third-order valence-electron chi connectivity index (χ3n) is 3.36. The summed E-state index contributed by atoms with van der Waals surface area (Å²) in [5.41, 5.74) is 3.08. The van der Waals surface area contributed by atoms with Crippen molar-refractivity contribution in [1.82, 2.24) is 10.7 Å². The third-order valence-corrected chi connectivity index (χ3v) is 3.36. The summed E-state index contributed by atoms with van der Waals surface area (Å²) in [6, 6.07) is 14.2. The van der Waals surface area contributed by atoms with Crippen LogP contribution in [0.25, 0.3) is 0 Å². The first-order chi connectivity index (χ1) is 12.7. The van der Waals surface area contributed by atoms with E-state index in [2.05, 4.69) is 15.8 Å². The van der Waals surface area contributed by atoms with Gasteiger partial charge in [-0.15, -0.1) is 0 Å². The number of hydrogen-bond acceptors (Lipinski definition) is 6. The van der Waals surface area contributed by atoms with Crippen molar-refractivity contribution in [2.75, 3.05) is 19.9 Å². The molecule has 2 amide bonds. The second kappa shape index (κ2) is 8.52. The predicted molar refractivity (Wildman–Crippen MR) is 93.2 cm³/mol. The highest BCUT2D eigenvalue weighted by atomic mass is 16.7. The van der Waals surface area contributed by atoms with Gasteiger partial charge in [0.1, 0.15) is 5.75 Å². The van der Waals surface area contributed by atoms with Crippen molar-refractivity contribution >= 4 is 18.0 Å². The molecule has 1 heterocycles. The van der Waals surface area contributed by atoms with Crippen LogP contribution in [0, 0.1) is 0 Å². The van der Waals surface area contributed by atoms with Crippen LogP contribution in [-0.4, -0.2) is 38.0 Å². The van der Waals surface area contributed by atoms with Crippen molar-refractivity contribution in [2.24, 2.45) is 5.10 Å². The van der Waals surface area contributed by atoms with E-state index in [0.29, 0.717) is 17.2 Å². The number of benzene rings is 2. The fourth-order valence-corrected chi connectivity index (χ4v) is 2.11. The Morgan fingerprint density at radius 2 is 1.88 bits per heavy atom. The smallest absolute Gasteiger partial charge is 0.259 e. The highest BCUT2D eigenvalue weighted by Gasteiger charge is 2.12. The number of para-hydroxylation sites is 1. The number of carbonyl (C=O) groups is 2. The number of fused-ring (bicyclic) bond motifs is 1. The van der Waals surface area contributed by atoms with E-state index in [0.717, 1.165) is 5.56 Å². The second-order valence-corrected chi connectivity index (χ2v) is 5.28. The van der Waals surface area contributed by atoms with Crippen LogP contribution in [0.1, 0.15) is 5.56 Å². The minimum atomic E-state index is -0.449. The molecule has 2 aromatic rings. The summed E-state index contributed by atoms with van der Waals surface area (Å²) in [4.78, 5) is 23.3. The van der Waals surface area contributed by atoms with E-state index in [1.165, 1.54) is 6.21 Å². The summed E-state index contributed by atoms with van der Waals surface area (Å²) in [5.74, 6) is 1.04. The molecular weight excluding hydrogens is 338 g/mol. The summed E-state index contributed by atoms with van der Waals surface area (Å²) < 4.78 is 15.7. The van der Waals surface area contributed by atoms with Crippen molar-refractivity contribution in [2.45, 2.75) is 0 Å². The van der Waals surface area contributed by atoms with E-state index in [1.54, 1.807) is 42.5 Å². The Morgan fingerprint density at radius 1 is 1.08 bits per heavy atom. The van der Waals surface area contributed by atoms with E-state index in [9.17, 15) is 9.59 Å². The van der Waals surface area contributed by atoms with Crippen molar-refractivity contribution in [1.29, 1.82) is 0 Å². The molecule has 0 bridgehead atoms. The fourth-order valence-electron chi connectivity index (χ4n) is 2.11. The zero-order valence-corrected chi connectivity index (χ0v) is 13.8. The maximum absolute atomic E-state index is 11.7. The number of nitrogens with zero attached hydrogens (tertiary/aromatic N) is 1. The Kier molecular flexibility index (Phi) is 5.66. The van der Waals surface area contributed by atoms with Gasteiger partial charge in [0.2, 0.25) is 6.79 Å². The van der Waals surface area contributed by atoms with Crippen LogP contribution in [0.3, 0.4) is 0 Å². The summed E-state index contributed by atoms with van der Waals surface area (Å²) >= 11 is 0. The van der Waals surface area contributed by atoms with Crippen LogP contribution in [-0.2, 0) is 9.59 Å². The lowest BCUT2D eigenvalue weighted by Crippen LogP contribution is -2.37. The number of hydrogen-bond donors (Lipinski definition) is 2. The van der Waals surface area contributed by atoms with Crippen molar-refractivity contribution in [3.8, 4) is 17.2 Å². The van der Waals surface area contributed by atoms with Crippen LogP contribution in [0.15, 0.2) is 53.6 Å². The van der Waals surface area contributed by atoms with Crippen molar-refractivity contribution < 1.29 is 23.8 Å². The molecule has 0 saturated heterocycles. The first-order valence-corrected chi connectivity index (χ1v) is 7.87. The summed E-state index contributed by atoms with van der Waals surface area (Å²) in [5, 5.41) is 6.28. The molecule has 2 N–H and O–H groups in total. The molecule has 1 aliphatic rings. The summed E-state index contributed by atoms with van der Waals surface area (Å²) in [6.45, 7) is -0.173. The predicted octanol–water partition coefficient (Wildman–Crippen LogP) is 1.06. The number of nitrogens with one attached hydrogen (secondary N) is 2. The van der Waals surface area contributed by atoms with Gasteiger partial charge in [0.05, 0.1) is 12.8 Å². The van der Waals surface area contributed by atoms with Crippen LogP contribution in [0.4, 0.5) is 0 Å². The molecular formula is C18H17N3O5. The molecule has 134 valence electrons. The number of rotatable bonds is 7. The van der Waals surface area contributed by atoms with Gasteiger partial charge in [-0.2, -0.15) is 5.10 Å². The highest BCUT2D eigenvalue weighted by Crippen LogP contribution is 2.31. The molecule has 26 heavy (non-hydrogen) atoms. The van der Waals surface area contributed by atoms with E-state index in [1.807, 2.05) is 6.07 Å². The van der Waals surface area contributed by atoms with E-state index >= 15 is 0 Å². The fraction of sp³-hybridized carbons (Fsp3) is 0.167. The van der Waals surface area contributed by atoms with Gasteiger partial charge < -0.3 is 19.5 Å². The molecule has 0 radical (unpaired) electrons. The average Bonchev–Trinajstić information content (AvgIpc) is 3.13. The molecule has 8 heteroatoms. The normalized spacial score (nSPS) is 12.0. The Hall–Kier alpha value is -3.55. The maximum Gasteiger partial charge on any atom is 0.259 e. The zero-order chi connectivity index (χ0) is 18.2. The molecule has 3 rings (SSSR count). The molecule has 0 saturated carbocycles. The molecule has 0 spiro atoms. The topological polar surface area (TPSA) is 98.2 Å². The van der Waals surface area contributed by atoms with Gasteiger partial charge in [0.25, 0.3) is 11.8 Å². The van der Waals surface area contributed by atoms with Crippen molar-refractivity contribution in [3.05, 3.63) is 54.1 Å². The standard InChI is InChI=1S/C18H17N3O5/c22-17(10-19-18(23)11-24-14-4-2-1-3-5-14)21-20-9-13-6-7-15-16(8-13)26-12-25-15/h1-9H,10-12H2,(H,19,23)(H,21,22)/b20-9+. The Labute approximate surface area is 149 Å². The van der Waals surface area contributed by atoms with Crippen molar-refractivity contribution in [3.63, 3.8) is 0 Å². The number of hydrazone groups is 1. The lowest BCUT2D eigenvalue weighted by Gasteiger charge is -2.06. The monoisotopic (exact) mass is 355 g/mol. The Balaban J connectivity index is 1.36. The van der Waals surface area contributed by atoms with Gasteiger partial charge in [0, 0.05) is 0 Å². The third kappa shape index (κ3) is 4.97. The molecule has 0 unspecified atom stereocenters. The lowest BCUT2D eigenvalue weighted by molar-refractivity contribution is -0.127. The van der Waals surface area contributed by atoms with E-state index < -0.39 is 11.8 Å². The zero-order valence-electron chi connectivity index (χ0n) is 13.8. The molecule has 0 atom stereocenters. The van der Waals surface area contributed by atoms with Gasteiger partial charge in [-0.3, -0.25) is 9.59 Å². The lowest BCUT2D eigenvalue weighted by atomic mass is 10.2. The van der Waals surface area contributed by atoms with Gasteiger partial charge >= 0.3 is 0 Å². The number of carbonyl (C=O) groups excluding carboxylic acids is 2. The van der Waals surface area contributed by atoms with Gasteiger partial charge in [-0.05, 0) is 35.9 Å². The molecule has 0 fully saturated rings. The Morgan fingerprint density at radius 3 is 2.73 bits per heavy atom. The van der Waals surface area contributed by atoms with Crippen LogP contribution in [0.5, 0.6) is 17.2 Å². The molecule has 2 aromatic carbocycles. The van der Waals surface area contributed by atoms with Crippen LogP contribution in [0.2, 0.25) is 0 Å². The minimum absolute atomic E-state index is 0.169. The van der Waals surface area contributed by atoms with Crippen LogP contribution >= 0.6 is 0 Å². The maximum atomic E-state index is 11.7. The van der Waals surface area contributed by atoms with Gasteiger partial charge in [-0.25, -0.2) is 5.43 Å². The SMILES string of the molecule is O=C(COc1ccccc1)NCC(=O)N/N=C/c1ccc2c(c1)OCO2. The van der Waals surface area contributed by atoms with Gasteiger partial charge in [-0.1, -0.05) is 18.2 Å². The van der Waals surface area contributed by atoms with Gasteiger partial charge in [0.15, 0.2) is 18.1 Å². The first kappa shape index (κ1) is 17.3. The number of ether oxygens (including phenoxy) is 3. The minimum Gasteiger partial charge on any atom is -0.484 e. The van der Waals surface area contributed by atoms with Crippen LogP contribution < -0.4 is 25.0 Å². The molecule has 0 aliphatic carbocycles. The molecule has 0 aromatic heterocycles. The summed E-state index contributed by atoms with van der Waals surface area (Å²) in [7, 11) is 0. The summed E-state index contributed by atoms with van der Waals surface area (Å²) in [6.07, 6.45) is 1.47. The van der Waals surface area contributed by atoms with E-state index in [4.69, 9.17) is 14.2 Å². The second-order valence-electron chi connectivity index (χ2n) is 5.28. The first-order valence-electron chi connectivity index (χ1n) is 7.87. The number of amides is 2. The Bertz CT molecular complexity index is 808.